The Hall–Kier alpha value is -0.160. The third kappa shape index (κ3) is 2.41. The van der Waals surface area contributed by atoms with Gasteiger partial charge in [0.15, 0.2) is 6.29 Å². The fourth-order valence-corrected chi connectivity index (χ4v) is 1.04. The first-order valence-corrected chi connectivity index (χ1v) is 3.83. The number of ether oxygens (including phenoxy) is 2. The minimum Gasteiger partial charge on any atom is -0.390 e. The fourth-order valence-electron chi connectivity index (χ4n) is 1.04. The summed E-state index contributed by atoms with van der Waals surface area (Å²) >= 11 is 0. The molecule has 66 valence electrons. The van der Waals surface area contributed by atoms with E-state index >= 15 is 0 Å². The highest BCUT2D eigenvalue weighted by Gasteiger charge is 2.28. The van der Waals surface area contributed by atoms with Gasteiger partial charge in [0, 0.05) is 13.0 Å². The van der Waals surface area contributed by atoms with Gasteiger partial charge in [-0.15, -0.1) is 0 Å². The zero-order valence-corrected chi connectivity index (χ0v) is 6.56. The second-order valence-electron chi connectivity index (χ2n) is 2.59. The van der Waals surface area contributed by atoms with Crippen LogP contribution in [0.1, 0.15) is 13.3 Å². The zero-order chi connectivity index (χ0) is 8.27. The second-order valence-corrected chi connectivity index (χ2v) is 2.59. The van der Waals surface area contributed by atoms with Crippen molar-refractivity contribution in [2.75, 3.05) is 13.2 Å². The number of hydrogen-bond donors (Lipinski definition) is 2. The van der Waals surface area contributed by atoms with Crippen molar-refractivity contribution in [1.29, 1.82) is 0 Å². The van der Waals surface area contributed by atoms with Crippen LogP contribution < -0.4 is 0 Å². The SMILES string of the molecule is CCOC1CC(O)C(O)CO1. The molecule has 0 spiro atoms. The van der Waals surface area contributed by atoms with Crippen LogP contribution in [0.15, 0.2) is 0 Å². The molecule has 0 aromatic rings. The second kappa shape index (κ2) is 4.01. The summed E-state index contributed by atoms with van der Waals surface area (Å²) in [6, 6.07) is 0. The average Bonchev–Trinajstić information content (AvgIpc) is 1.98. The smallest absolute Gasteiger partial charge is 0.160 e. The number of aliphatic hydroxyl groups excluding tert-OH is 2. The molecule has 4 nitrogen and oxygen atoms in total. The van der Waals surface area contributed by atoms with Crippen molar-refractivity contribution in [3.63, 3.8) is 0 Å². The van der Waals surface area contributed by atoms with Crippen LogP contribution in [0.25, 0.3) is 0 Å². The summed E-state index contributed by atoms with van der Waals surface area (Å²) in [5, 5.41) is 18.2. The largest absolute Gasteiger partial charge is 0.390 e. The Morgan fingerprint density at radius 1 is 1.45 bits per heavy atom. The fraction of sp³-hybridized carbons (Fsp3) is 1.00. The van der Waals surface area contributed by atoms with E-state index < -0.39 is 12.2 Å². The summed E-state index contributed by atoms with van der Waals surface area (Å²) < 4.78 is 10.2. The zero-order valence-electron chi connectivity index (χ0n) is 6.56. The highest BCUT2D eigenvalue weighted by molar-refractivity contribution is 4.73. The minimum atomic E-state index is -0.758. The first kappa shape index (κ1) is 8.93. The van der Waals surface area contributed by atoms with Crippen LogP contribution in [0.3, 0.4) is 0 Å². The van der Waals surface area contributed by atoms with Crippen molar-refractivity contribution >= 4 is 0 Å². The molecule has 1 heterocycles. The van der Waals surface area contributed by atoms with Crippen molar-refractivity contribution in [3.8, 4) is 0 Å². The molecule has 11 heavy (non-hydrogen) atoms. The summed E-state index contributed by atoms with van der Waals surface area (Å²) in [4.78, 5) is 0. The first-order valence-electron chi connectivity index (χ1n) is 3.83. The Morgan fingerprint density at radius 3 is 2.73 bits per heavy atom. The van der Waals surface area contributed by atoms with Crippen LogP contribution in [-0.2, 0) is 9.47 Å². The summed E-state index contributed by atoms with van der Waals surface area (Å²) in [5.41, 5.74) is 0. The van der Waals surface area contributed by atoms with E-state index in [1.165, 1.54) is 0 Å². The molecule has 1 rings (SSSR count). The minimum absolute atomic E-state index is 0.159. The number of rotatable bonds is 2. The number of hydrogen-bond acceptors (Lipinski definition) is 4. The predicted octanol–water partition coefficient (Wildman–Crippen LogP) is -0.509. The molecule has 0 saturated carbocycles. The van der Waals surface area contributed by atoms with Gasteiger partial charge in [-0.25, -0.2) is 0 Å². The molecular formula is C7H14O4. The molecule has 0 radical (unpaired) electrons. The highest BCUT2D eigenvalue weighted by atomic mass is 16.7. The summed E-state index contributed by atoms with van der Waals surface area (Å²) in [6.45, 7) is 2.58. The molecule has 0 bridgehead atoms. The van der Waals surface area contributed by atoms with Crippen molar-refractivity contribution < 1.29 is 19.7 Å². The Balaban J connectivity index is 2.28. The van der Waals surface area contributed by atoms with Gasteiger partial charge in [-0.3, -0.25) is 0 Å². The molecular weight excluding hydrogens is 148 g/mol. The van der Waals surface area contributed by atoms with Gasteiger partial charge < -0.3 is 19.7 Å². The molecule has 1 aliphatic heterocycles. The van der Waals surface area contributed by atoms with Crippen molar-refractivity contribution in [1.82, 2.24) is 0 Å². The van der Waals surface area contributed by atoms with Gasteiger partial charge in [0.05, 0.1) is 12.7 Å². The third-order valence-corrected chi connectivity index (χ3v) is 1.68. The summed E-state index contributed by atoms with van der Waals surface area (Å²) in [6.07, 6.45) is -1.46. The lowest BCUT2D eigenvalue weighted by Gasteiger charge is -2.29. The van der Waals surface area contributed by atoms with Crippen molar-refractivity contribution in [2.45, 2.75) is 31.8 Å². The quantitative estimate of drug-likeness (QED) is 0.574. The Bertz CT molecular complexity index is 117. The molecule has 2 N–H and O–H groups in total. The normalized spacial score (nSPS) is 39.0. The molecule has 0 aromatic heterocycles. The van der Waals surface area contributed by atoms with E-state index in [2.05, 4.69) is 0 Å². The van der Waals surface area contributed by atoms with E-state index in [0.717, 1.165) is 0 Å². The first-order chi connectivity index (χ1) is 5.24. The van der Waals surface area contributed by atoms with Crippen LogP contribution in [-0.4, -0.2) is 41.9 Å². The lowest BCUT2D eigenvalue weighted by molar-refractivity contribution is -0.214. The van der Waals surface area contributed by atoms with Gasteiger partial charge >= 0.3 is 0 Å². The maximum absolute atomic E-state index is 9.16. The van der Waals surface area contributed by atoms with Gasteiger partial charge in [-0.05, 0) is 6.92 Å². The maximum atomic E-state index is 9.16. The van der Waals surface area contributed by atoms with Gasteiger partial charge in [0.25, 0.3) is 0 Å². The summed E-state index contributed by atoms with van der Waals surface area (Å²) in [7, 11) is 0. The lowest BCUT2D eigenvalue weighted by Crippen LogP contribution is -2.42. The summed E-state index contributed by atoms with van der Waals surface area (Å²) in [5.74, 6) is 0. The molecule has 1 fully saturated rings. The van der Waals surface area contributed by atoms with Crippen LogP contribution in [0, 0.1) is 0 Å². The molecule has 1 aliphatic rings. The molecule has 0 aromatic carbocycles. The average molecular weight is 162 g/mol. The van der Waals surface area contributed by atoms with E-state index in [-0.39, 0.29) is 12.9 Å². The maximum Gasteiger partial charge on any atom is 0.160 e. The Kier molecular flexibility index (Phi) is 3.26. The van der Waals surface area contributed by atoms with Gasteiger partial charge in [-0.1, -0.05) is 0 Å². The number of aliphatic hydroxyl groups is 2. The van der Waals surface area contributed by atoms with Crippen LogP contribution in [0.5, 0.6) is 0 Å². The van der Waals surface area contributed by atoms with Crippen molar-refractivity contribution in [2.24, 2.45) is 0 Å². The highest BCUT2D eigenvalue weighted by Crippen LogP contribution is 2.14. The van der Waals surface area contributed by atoms with E-state index in [1.54, 1.807) is 0 Å². The van der Waals surface area contributed by atoms with Crippen LogP contribution >= 0.6 is 0 Å². The van der Waals surface area contributed by atoms with E-state index in [9.17, 15) is 0 Å². The van der Waals surface area contributed by atoms with Gasteiger partial charge in [0.2, 0.25) is 0 Å². The molecule has 4 heteroatoms. The predicted molar refractivity (Wildman–Crippen MR) is 38.0 cm³/mol. The molecule has 3 atom stereocenters. The molecule has 0 aliphatic carbocycles. The monoisotopic (exact) mass is 162 g/mol. The van der Waals surface area contributed by atoms with E-state index in [4.69, 9.17) is 19.7 Å². The van der Waals surface area contributed by atoms with Crippen LogP contribution in [0.4, 0.5) is 0 Å². The lowest BCUT2D eigenvalue weighted by atomic mass is 10.1. The van der Waals surface area contributed by atoms with E-state index in [0.29, 0.717) is 13.0 Å². The van der Waals surface area contributed by atoms with Gasteiger partial charge in [0.1, 0.15) is 6.10 Å². The van der Waals surface area contributed by atoms with E-state index in [1.807, 2.05) is 6.92 Å². The molecule has 3 unspecified atom stereocenters. The molecule has 0 amide bonds. The molecule has 1 saturated heterocycles. The Labute approximate surface area is 65.7 Å². The standard InChI is InChI=1S/C7H14O4/c1-2-10-7-3-5(8)6(9)4-11-7/h5-9H,2-4H2,1H3. The Morgan fingerprint density at radius 2 is 2.18 bits per heavy atom. The third-order valence-electron chi connectivity index (χ3n) is 1.68. The topological polar surface area (TPSA) is 58.9 Å². The van der Waals surface area contributed by atoms with Crippen molar-refractivity contribution in [3.05, 3.63) is 0 Å². The van der Waals surface area contributed by atoms with Crippen LogP contribution in [0.2, 0.25) is 0 Å². The van der Waals surface area contributed by atoms with Gasteiger partial charge in [-0.2, -0.15) is 0 Å².